The van der Waals surface area contributed by atoms with Crippen LogP contribution in [0, 0.1) is 5.41 Å². The Labute approximate surface area is 107 Å². The van der Waals surface area contributed by atoms with Crippen molar-refractivity contribution < 1.29 is 4.74 Å². The summed E-state index contributed by atoms with van der Waals surface area (Å²) in [5.41, 5.74) is 8.61. The third-order valence-corrected chi connectivity index (χ3v) is 2.86. The fraction of sp³-hybridized carbons (Fsp3) is 0.133. The highest BCUT2D eigenvalue weighted by molar-refractivity contribution is 5.96. The molecule has 0 aliphatic heterocycles. The van der Waals surface area contributed by atoms with Gasteiger partial charge >= 0.3 is 0 Å². The van der Waals surface area contributed by atoms with Gasteiger partial charge in [0.1, 0.15) is 11.6 Å². The van der Waals surface area contributed by atoms with Crippen LogP contribution in [0.25, 0.3) is 0 Å². The number of nitrogens with one attached hydrogen (secondary N) is 1. The van der Waals surface area contributed by atoms with Gasteiger partial charge in [0.25, 0.3) is 0 Å². The predicted octanol–water partition coefficient (Wildman–Crippen LogP) is 2.57. The van der Waals surface area contributed by atoms with Crippen LogP contribution < -0.4 is 10.5 Å². The number of nitrogen functional groups attached to an aromatic ring is 1. The molecule has 3 nitrogen and oxygen atoms in total. The molecule has 2 rings (SSSR count). The van der Waals surface area contributed by atoms with Crippen LogP contribution >= 0.6 is 0 Å². The Balaban J connectivity index is 2.25. The summed E-state index contributed by atoms with van der Waals surface area (Å²) >= 11 is 0. The molecule has 0 amide bonds. The van der Waals surface area contributed by atoms with Crippen LogP contribution in [0.2, 0.25) is 0 Å². The minimum absolute atomic E-state index is 0.110. The molecule has 92 valence electrons. The van der Waals surface area contributed by atoms with Gasteiger partial charge < -0.3 is 10.5 Å². The van der Waals surface area contributed by atoms with Crippen molar-refractivity contribution in [1.29, 1.82) is 5.41 Å². The Kier molecular flexibility index (Phi) is 3.63. The molecule has 0 fully saturated rings. The fourth-order valence-electron chi connectivity index (χ4n) is 1.90. The van der Waals surface area contributed by atoms with Crippen LogP contribution in [-0.2, 0) is 6.42 Å². The third-order valence-electron chi connectivity index (χ3n) is 2.86. The van der Waals surface area contributed by atoms with Crippen molar-refractivity contribution in [1.82, 2.24) is 0 Å². The van der Waals surface area contributed by atoms with E-state index < -0.39 is 0 Å². The largest absolute Gasteiger partial charge is 0.497 e. The topological polar surface area (TPSA) is 59.1 Å². The molecule has 0 spiro atoms. The van der Waals surface area contributed by atoms with Crippen LogP contribution in [0.1, 0.15) is 16.7 Å². The van der Waals surface area contributed by atoms with Crippen molar-refractivity contribution in [2.45, 2.75) is 6.42 Å². The number of ether oxygens (including phenoxy) is 1. The molecule has 0 atom stereocenters. The molecular formula is C15H16N2O. The molecule has 2 aromatic rings. The standard InChI is InChI=1S/C15H16N2O/c1-18-13-8-6-11(7-9-13)10-12-4-2-3-5-14(12)15(16)17/h2-9H,10H2,1H3,(H3,16,17). The first kappa shape index (κ1) is 12.2. The highest BCUT2D eigenvalue weighted by Crippen LogP contribution is 2.17. The molecule has 0 aromatic heterocycles. The van der Waals surface area contributed by atoms with E-state index in [1.807, 2.05) is 48.5 Å². The lowest BCUT2D eigenvalue weighted by atomic mass is 9.99. The van der Waals surface area contributed by atoms with Crippen molar-refractivity contribution in [3.63, 3.8) is 0 Å². The van der Waals surface area contributed by atoms with Crippen molar-refractivity contribution in [2.24, 2.45) is 5.73 Å². The van der Waals surface area contributed by atoms with Gasteiger partial charge in [0, 0.05) is 5.56 Å². The lowest BCUT2D eigenvalue weighted by Crippen LogP contribution is -2.13. The van der Waals surface area contributed by atoms with E-state index in [4.69, 9.17) is 15.9 Å². The monoisotopic (exact) mass is 240 g/mol. The molecule has 0 unspecified atom stereocenters. The summed E-state index contributed by atoms with van der Waals surface area (Å²) in [7, 11) is 1.65. The molecule has 3 heteroatoms. The van der Waals surface area contributed by atoms with E-state index in [0.717, 1.165) is 23.3 Å². The molecule has 0 aliphatic rings. The molecule has 3 N–H and O–H groups in total. The second-order valence-corrected chi connectivity index (χ2v) is 4.10. The number of hydrogen-bond acceptors (Lipinski definition) is 2. The molecule has 2 aromatic carbocycles. The average Bonchev–Trinajstić information content (AvgIpc) is 2.40. The van der Waals surface area contributed by atoms with Gasteiger partial charge in [-0.15, -0.1) is 0 Å². The van der Waals surface area contributed by atoms with E-state index in [0.29, 0.717) is 0 Å². The van der Waals surface area contributed by atoms with Gasteiger partial charge in [-0.2, -0.15) is 0 Å². The van der Waals surface area contributed by atoms with Gasteiger partial charge in [0.15, 0.2) is 0 Å². The van der Waals surface area contributed by atoms with Gasteiger partial charge in [-0.05, 0) is 29.7 Å². The number of rotatable bonds is 4. The maximum Gasteiger partial charge on any atom is 0.123 e. The summed E-state index contributed by atoms with van der Waals surface area (Å²) in [6.07, 6.45) is 0.764. The van der Waals surface area contributed by atoms with Gasteiger partial charge in [-0.25, -0.2) is 0 Å². The first-order valence-corrected chi connectivity index (χ1v) is 5.76. The number of hydrogen-bond donors (Lipinski definition) is 2. The van der Waals surface area contributed by atoms with Crippen LogP contribution in [0.3, 0.4) is 0 Å². The third kappa shape index (κ3) is 2.69. The van der Waals surface area contributed by atoms with E-state index in [9.17, 15) is 0 Å². The molecular weight excluding hydrogens is 224 g/mol. The number of amidine groups is 1. The molecule has 0 radical (unpaired) electrons. The Morgan fingerprint density at radius 3 is 2.39 bits per heavy atom. The predicted molar refractivity (Wildman–Crippen MR) is 73.3 cm³/mol. The fourth-order valence-corrected chi connectivity index (χ4v) is 1.90. The van der Waals surface area contributed by atoms with E-state index in [2.05, 4.69) is 0 Å². The smallest absolute Gasteiger partial charge is 0.123 e. The summed E-state index contributed by atoms with van der Waals surface area (Å²) in [5.74, 6) is 0.956. The molecule has 0 saturated carbocycles. The van der Waals surface area contributed by atoms with Crippen LogP contribution in [0.4, 0.5) is 0 Å². The number of methoxy groups -OCH3 is 1. The quantitative estimate of drug-likeness (QED) is 0.637. The van der Waals surface area contributed by atoms with Crippen molar-refractivity contribution >= 4 is 5.84 Å². The maximum atomic E-state index is 7.56. The summed E-state index contributed by atoms with van der Waals surface area (Å²) in [5, 5.41) is 7.56. The normalized spacial score (nSPS) is 10.1. The SMILES string of the molecule is COc1ccc(Cc2ccccc2C(=N)N)cc1. The molecule has 0 heterocycles. The van der Waals surface area contributed by atoms with Gasteiger partial charge in [-0.1, -0.05) is 36.4 Å². The van der Waals surface area contributed by atoms with Crippen molar-refractivity contribution in [3.05, 3.63) is 65.2 Å². The van der Waals surface area contributed by atoms with Crippen molar-refractivity contribution in [3.8, 4) is 5.75 Å². The Bertz CT molecular complexity index is 547. The zero-order valence-electron chi connectivity index (χ0n) is 10.3. The van der Waals surface area contributed by atoms with Crippen molar-refractivity contribution in [2.75, 3.05) is 7.11 Å². The summed E-state index contributed by atoms with van der Waals surface area (Å²) in [6, 6.07) is 15.7. The van der Waals surface area contributed by atoms with E-state index in [1.54, 1.807) is 7.11 Å². The Morgan fingerprint density at radius 2 is 1.78 bits per heavy atom. The van der Waals surface area contributed by atoms with Gasteiger partial charge in [-0.3, -0.25) is 5.41 Å². The van der Waals surface area contributed by atoms with E-state index in [-0.39, 0.29) is 5.84 Å². The Morgan fingerprint density at radius 1 is 1.11 bits per heavy atom. The molecule has 18 heavy (non-hydrogen) atoms. The molecule has 0 bridgehead atoms. The lowest BCUT2D eigenvalue weighted by Gasteiger charge is -2.08. The van der Waals surface area contributed by atoms with E-state index in [1.165, 1.54) is 5.56 Å². The van der Waals surface area contributed by atoms with Gasteiger partial charge in [0.2, 0.25) is 0 Å². The minimum Gasteiger partial charge on any atom is -0.497 e. The Hall–Kier alpha value is -2.29. The first-order valence-electron chi connectivity index (χ1n) is 5.76. The van der Waals surface area contributed by atoms with Gasteiger partial charge in [0.05, 0.1) is 7.11 Å². The highest BCUT2D eigenvalue weighted by atomic mass is 16.5. The second-order valence-electron chi connectivity index (χ2n) is 4.10. The molecule has 0 saturated heterocycles. The summed E-state index contributed by atoms with van der Waals surface area (Å²) in [6.45, 7) is 0. The molecule has 0 aliphatic carbocycles. The average molecular weight is 240 g/mol. The number of nitrogens with two attached hydrogens (primary N) is 1. The van der Waals surface area contributed by atoms with E-state index >= 15 is 0 Å². The number of benzene rings is 2. The van der Waals surface area contributed by atoms with Crippen LogP contribution in [0.5, 0.6) is 5.75 Å². The first-order chi connectivity index (χ1) is 8.70. The zero-order valence-corrected chi connectivity index (χ0v) is 10.3. The summed E-state index contributed by atoms with van der Waals surface area (Å²) in [4.78, 5) is 0. The lowest BCUT2D eigenvalue weighted by molar-refractivity contribution is 0.414. The highest BCUT2D eigenvalue weighted by Gasteiger charge is 2.05. The maximum absolute atomic E-state index is 7.56. The minimum atomic E-state index is 0.110. The second kappa shape index (κ2) is 5.36. The van der Waals surface area contributed by atoms with Crippen LogP contribution in [0.15, 0.2) is 48.5 Å². The summed E-state index contributed by atoms with van der Waals surface area (Å²) < 4.78 is 5.13. The van der Waals surface area contributed by atoms with Crippen LogP contribution in [-0.4, -0.2) is 12.9 Å². The zero-order chi connectivity index (χ0) is 13.0.